The van der Waals surface area contributed by atoms with Crippen molar-refractivity contribution in [2.75, 3.05) is 11.9 Å². The Hall–Kier alpha value is -3.03. The molecule has 5 nitrogen and oxygen atoms in total. The highest BCUT2D eigenvalue weighted by Gasteiger charge is 2.27. The zero-order chi connectivity index (χ0) is 21.7. The third-order valence-corrected chi connectivity index (χ3v) is 6.46. The van der Waals surface area contributed by atoms with Crippen molar-refractivity contribution in [3.63, 3.8) is 0 Å². The number of benzene rings is 3. The van der Waals surface area contributed by atoms with E-state index < -0.39 is 28.3 Å². The lowest BCUT2D eigenvalue weighted by Crippen LogP contribution is -2.37. The largest absolute Gasteiger partial charge is 0.325 e. The van der Waals surface area contributed by atoms with Crippen molar-refractivity contribution in [3.05, 3.63) is 95.3 Å². The van der Waals surface area contributed by atoms with Gasteiger partial charge in [0.05, 0.1) is 11.4 Å². The average Bonchev–Trinajstić information content (AvgIpc) is 2.71. The van der Waals surface area contributed by atoms with Gasteiger partial charge in [-0.3, -0.25) is 4.79 Å². The number of nitrogens with zero attached hydrogens (tertiary/aromatic N) is 1. The molecule has 0 aliphatic carbocycles. The zero-order valence-corrected chi connectivity index (χ0v) is 17.6. The number of anilines is 1. The van der Waals surface area contributed by atoms with Crippen molar-refractivity contribution in [1.29, 1.82) is 0 Å². The van der Waals surface area contributed by atoms with Crippen LogP contribution in [0, 0.1) is 19.7 Å². The van der Waals surface area contributed by atoms with E-state index in [2.05, 4.69) is 5.32 Å². The van der Waals surface area contributed by atoms with Crippen molar-refractivity contribution >= 4 is 21.6 Å². The Kier molecular flexibility index (Phi) is 6.64. The summed E-state index contributed by atoms with van der Waals surface area (Å²) in [4.78, 5) is 12.8. The number of halogens is 1. The second-order valence-corrected chi connectivity index (χ2v) is 9.02. The SMILES string of the molecule is Cc1ccc(S(=O)(=O)N(CC(=O)Nc2cc(F)ccc2C)Cc2ccccc2)cc1. The summed E-state index contributed by atoms with van der Waals surface area (Å²) < 4.78 is 41.1. The number of hydrogen-bond acceptors (Lipinski definition) is 3. The molecule has 0 aliphatic heterocycles. The summed E-state index contributed by atoms with van der Waals surface area (Å²) in [5, 5.41) is 2.61. The predicted octanol–water partition coefficient (Wildman–Crippen LogP) is 4.27. The van der Waals surface area contributed by atoms with Crippen LogP contribution in [-0.4, -0.2) is 25.2 Å². The van der Waals surface area contributed by atoms with E-state index in [1.807, 2.05) is 25.1 Å². The van der Waals surface area contributed by atoms with Gasteiger partial charge in [-0.2, -0.15) is 4.31 Å². The Morgan fingerprint density at radius 2 is 1.63 bits per heavy atom. The summed E-state index contributed by atoms with van der Waals surface area (Å²) in [7, 11) is -3.92. The van der Waals surface area contributed by atoms with Gasteiger partial charge in [0.15, 0.2) is 0 Å². The normalized spacial score (nSPS) is 11.5. The maximum atomic E-state index is 13.5. The van der Waals surface area contributed by atoms with Crippen LogP contribution in [0.4, 0.5) is 10.1 Å². The molecular formula is C23H23FN2O3S. The molecule has 0 aliphatic rings. The van der Waals surface area contributed by atoms with Crippen molar-refractivity contribution in [2.24, 2.45) is 0 Å². The highest BCUT2D eigenvalue weighted by molar-refractivity contribution is 7.89. The van der Waals surface area contributed by atoms with Gasteiger partial charge in [0.2, 0.25) is 15.9 Å². The van der Waals surface area contributed by atoms with Crippen LogP contribution in [-0.2, 0) is 21.4 Å². The van der Waals surface area contributed by atoms with Crippen molar-refractivity contribution in [3.8, 4) is 0 Å². The minimum atomic E-state index is -3.92. The molecular weight excluding hydrogens is 403 g/mol. The Morgan fingerprint density at radius 1 is 0.967 bits per heavy atom. The first-order valence-corrected chi connectivity index (χ1v) is 10.9. The highest BCUT2D eigenvalue weighted by Crippen LogP contribution is 2.20. The van der Waals surface area contributed by atoms with Crippen LogP contribution in [0.25, 0.3) is 0 Å². The molecule has 0 spiro atoms. The molecule has 7 heteroatoms. The molecule has 0 saturated carbocycles. The lowest BCUT2D eigenvalue weighted by molar-refractivity contribution is -0.116. The molecule has 156 valence electrons. The molecule has 0 fully saturated rings. The van der Waals surface area contributed by atoms with E-state index in [-0.39, 0.29) is 11.4 Å². The second-order valence-electron chi connectivity index (χ2n) is 7.08. The number of hydrogen-bond donors (Lipinski definition) is 1. The van der Waals surface area contributed by atoms with Crippen LogP contribution < -0.4 is 5.32 Å². The van der Waals surface area contributed by atoms with Gasteiger partial charge in [0, 0.05) is 12.2 Å². The number of rotatable bonds is 7. The summed E-state index contributed by atoms with van der Waals surface area (Å²) in [6.07, 6.45) is 0. The molecule has 3 aromatic rings. The van der Waals surface area contributed by atoms with Gasteiger partial charge in [-0.1, -0.05) is 54.1 Å². The van der Waals surface area contributed by atoms with Gasteiger partial charge in [0.1, 0.15) is 5.82 Å². The molecule has 3 rings (SSSR count). The summed E-state index contributed by atoms with van der Waals surface area (Å²) in [5.41, 5.74) is 2.68. The van der Waals surface area contributed by atoms with E-state index in [0.29, 0.717) is 11.3 Å². The van der Waals surface area contributed by atoms with Crippen LogP contribution in [0.1, 0.15) is 16.7 Å². The summed E-state index contributed by atoms with van der Waals surface area (Å²) in [5.74, 6) is -1.03. The van der Waals surface area contributed by atoms with E-state index in [1.54, 1.807) is 37.3 Å². The van der Waals surface area contributed by atoms with E-state index in [4.69, 9.17) is 0 Å². The number of sulfonamides is 1. The molecule has 0 unspecified atom stereocenters. The fourth-order valence-electron chi connectivity index (χ4n) is 2.95. The number of carbonyl (C=O) groups is 1. The third kappa shape index (κ3) is 5.31. The van der Waals surface area contributed by atoms with Gasteiger partial charge in [-0.25, -0.2) is 12.8 Å². The fraction of sp³-hybridized carbons (Fsp3) is 0.174. The van der Waals surface area contributed by atoms with Gasteiger partial charge >= 0.3 is 0 Å². The molecule has 0 radical (unpaired) electrons. The Labute approximate surface area is 176 Å². The third-order valence-electron chi connectivity index (χ3n) is 4.65. The lowest BCUT2D eigenvalue weighted by Gasteiger charge is -2.22. The smallest absolute Gasteiger partial charge is 0.243 e. The quantitative estimate of drug-likeness (QED) is 0.614. The molecule has 0 heterocycles. The van der Waals surface area contributed by atoms with Crippen molar-refractivity contribution < 1.29 is 17.6 Å². The van der Waals surface area contributed by atoms with Crippen LogP contribution in [0.15, 0.2) is 77.7 Å². The van der Waals surface area contributed by atoms with Crippen LogP contribution in [0.3, 0.4) is 0 Å². The van der Waals surface area contributed by atoms with Gasteiger partial charge < -0.3 is 5.32 Å². The van der Waals surface area contributed by atoms with Crippen molar-refractivity contribution in [1.82, 2.24) is 4.31 Å². The highest BCUT2D eigenvalue weighted by atomic mass is 32.2. The standard InChI is InChI=1S/C23H23FN2O3S/c1-17-8-12-21(13-9-17)30(28,29)26(15-19-6-4-3-5-7-19)16-23(27)25-22-14-20(24)11-10-18(22)2/h3-14H,15-16H2,1-2H3,(H,25,27). The second kappa shape index (κ2) is 9.19. The maximum absolute atomic E-state index is 13.5. The Balaban J connectivity index is 1.88. The summed E-state index contributed by atoms with van der Waals surface area (Å²) in [6, 6.07) is 19.6. The molecule has 0 atom stereocenters. The minimum Gasteiger partial charge on any atom is -0.325 e. The van der Waals surface area contributed by atoms with Gasteiger partial charge in [-0.05, 0) is 49.2 Å². The molecule has 0 aromatic heterocycles. The predicted molar refractivity (Wildman–Crippen MR) is 115 cm³/mol. The fourth-order valence-corrected chi connectivity index (χ4v) is 4.34. The van der Waals surface area contributed by atoms with E-state index >= 15 is 0 Å². The summed E-state index contributed by atoms with van der Waals surface area (Å²) in [6.45, 7) is 3.24. The summed E-state index contributed by atoms with van der Waals surface area (Å²) >= 11 is 0. The Bertz CT molecular complexity index is 1130. The van der Waals surface area contributed by atoms with Crippen LogP contribution in [0.5, 0.6) is 0 Å². The lowest BCUT2D eigenvalue weighted by atomic mass is 10.2. The minimum absolute atomic E-state index is 0.0343. The zero-order valence-electron chi connectivity index (χ0n) is 16.8. The topological polar surface area (TPSA) is 66.5 Å². The van der Waals surface area contributed by atoms with E-state index in [1.165, 1.54) is 24.3 Å². The number of carbonyl (C=O) groups excluding carboxylic acids is 1. The van der Waals surface area contributed by atoms with E-state index in [0.717, 1.165) is 15.4 Å². The number of nitrogens with one attached hydrogen (secondary N) is 1. The van der Waals surface area contributed by atoms with Crippen LogP contribution in [0.2, 0.25) is 0 Å². The van der Waals surface area contributed by atoms with Gasteiger partial charge in [0.25, 0.3) is 0 Å². The first-order chi connectivity index (χ1) is 14.3. The number of amides is 1. The van der Waals surface area contributed by atoms with E-state index in [9.17, 15) is 17.6 Å². The molecule has 1 amide bonds. The van der Waals surface area contributed by atoms with Crippen LogP contribution >= 0.6 is 0 Å². The molecule has 0 bridgehead atoms. The monoisotopic (exact) mass is 426 g/mol. The molecule has 1 N–H and O–H groups in total. The molecule has 3 aromatic carbocycles. The van der Waals surface area contributed by atoms with Gasteiger partial charge in [-0.15, -0.1) is 0 Å². The number of aryl methyl sites for hydroxylation is 2. The molecule has 30 heavy (non-hydrogen) atoms. The maximum Gasteiger partial charge on any atom is 0.243 e. The Morgan fingerprint density at radius 3 is 2.30 bits per heavy atom. The first-order valence-electron chi connectivity index (χ1n) is 9.42. The molecule has 0 saturated heterocycles. The first kappa shape index (κ1) is 21.7. The van der Waals surface area contributed by atoms with Crippen molar-refractivity contribution in [2.45, 2.75) is 25.3 Å². The average molecular weight is 427 g/mol.